The lowest BCUT2D eigenvalue weighted by atomic mass is 10.2. The fourth-order valence-corrected chi connectivity index (χ4v) is 4.95. The smallest absolute Gasteiger partial charge is 0.151 e. The van der Waals surface area contributed by atoms with Gasteiger partial charge >= 0.3 is 0 Å². The number of hydrogen-bond donors (Lipinski definition) is 2. The highest BCUT2D eigenvalue weighted by atomic mass is 79.9. The van der Waals surface area contributed by atoms with Crippen LogP contribution in [0.2, 0.25) is 0 Å². The Kier molecular flexibility index (Phi) is 6.29. The summed E-state index contributed by atoms with van der Waals surface area (Å²) in [7, 11) is 1.55. The fraction of sp³-hybridized carbons (Fsp3) is 0.158. The largest absolute Gasteiger partial charge is 0.506 e. The molecule has 3 aromatic rings. The highest BCUT2D eigenvalue weighted by molar-refractivity contribution is 9.11. The number of hydrogen-bond acceptors (Lipinski definition) is 5. The van der Waals surface area contributed by atoms with Crippen LogP contribution in [0.1, 0.15) is 17.0 Å². The van der Waals surface area contributed by atoms with E-state index in [1.54, 1.807) is 31.2 Å². The maximum Gasteiger partial charge on any atom is 0.151 e. The van der Waals surface area contributed by atoms with Gasteiger partial charge in [0.1, 0.15) is 10.2 Å². The van der Waals surface area contributed by atoms with Gasteiger partial charge in [0.25, 0.3) is 0 Å². The quantitative estimate of drug-likeness (QED) is 0.403. The second-order valence-corrected chi connectivity index (χ2v) is 8.43. The lowest BCUT2D eigenvalue weighted by Gasteiger charge is -2.10. The van der Waals surface area contributed by atoms with Crippen LogP contribution in [0.4, 0.5) is 5.69 Å². The summed E-state index contributed by atoms with van der Waals surface area (Å²) < 4.78 is 6.47. The lowest BCUT2D eigenvalue weighted by molar-refractivity contribution is 0.400. The highest BCUT2D eigenvalue weighted by Crippen LogP contribution is 2.42. The van der Waals surface area contributed by atoms with Crippen molar-refractivity contribution in [3.63, 3.8) is 0 Å². The van der Waals surface area contributed by atoms with Crippen molar-refractivity contribution < 1.29 is 9.84 Å². The number of para-hydroxylation sites is 1. The Hall–Kier alpha value is -1.77. The van der Waals surface area contributed by atoms with Gasteiger partial charge in [-0.05, 0) is 63.9 Å². The summed E-state index contributed by atoms with van der Waals surface area (Å²) in [6.07, 6.45) is 1.64. The van der Waals surface area contributed by atoms with Crippen LogP contribution in [0.5, 0.6) is 11.5 Å². The summed E-state index contributed by atoms with van der Waals surface area (Å²) >= 11 is 8.42. The Morgan fingerprint density at radius 2 is 2.00 bits per heavy atom. The van der Waals surface area contributed by atoms with Crippen LogP contribution in [0.3, 0.4) is 0 Å². The monoisotopic (exact) mass is 509 g/mol. The number of methoxy groups -OCH3 is 1. The van der Waals surface area contributed by atoms with E-state index in [-0.39, 0.29) is 5.75 Å². The molecule has 0 bridgehead atoms. The molecule has 1 aromatic heterocycles. The SMILES string of the molecule is COc1c(Br)cc(C=Nc2ccccc2Sc2c(C)n[nH]c2C)c(O)c1Br. The number of aromatic hydroxyl groups is 1. The van der Waals surface area contributed by atoms with Crippen molar-refractivity contribution in [2.24, 2.45) is 4.99 Å². The van der Waals surface area contributed by atoms with Crippen LogP contribution in [0, 0.1) is 13.8 Å². The van der Waals surface area contributed by atoms with Crippen LogP contribution >= 0.6 is 43.6 Å². The standard InChI is InChI=1S/C19H17Br2N3O2S/c1-10-19(11(2)24-23-10)27-15-7-5-4-6-14(15)22-9-12-8-13(20)18(26-3)16(21)17(12)25/h4-9,25H,1-3H3,(H,23,24). The van der Waals surface area contributed by atoms with Gasteiger partial charge in [0.2, 0.25) is 0 Å². The topological polar surface area (TPSA) is 70.5 Å². The first kappa shape index (κ1) is 20.0. The summed E-state index contributed by atoms with van der Waals surface area (Å²) in [6.45, 7) is 3.97. The van der Waals surface area contributed by atoms with Crippen molar-refractivity contribution in [1.29, 1.82) is 0 Å². The molecule has 5 nitrogen and oxygen atoms in total. The number of H-pyrrole nitrogens is 1. The van der Waals surface area contributed by atoms with E-state index in [2.05, 4.69) is 47.0 Å². The molecule has 0 aliphatic rings. The average Bonchev–Trinajstić information content (AvgIpc) is 2.97. The number of aliphatic imine (C=N–C) groups is 1. The number of nitrogens with zero attached hydrogens (tertiary/aromatic N) is 2. The number of phenolic OH excluding ortho intramolecular Hbond substituents is 1. The van der Waals surface area contributed by atoms with E-state index in [1.165, 1.54) is 0 Å². The molecule has 3 rings (SSSR count). The van der Waals surface area contributed by atoms with E-state index in [0.29, 0.717) is 15.8 Å². The van der Waals surface area contributed by atoms with Crippen molar-refractivity contribution in [2.45, 2.75) is 23.6 Å². The summed E-state index contributed by atoms with van der Waals surface area (Å²) in [5.74, 6) is 0.608. The van der Waals surface area contributed by atoms with E-state index in [9.17, 15) is 5.11 Å². The summed E-state index contributed by atoms with van der Waals surface area (Å²) in [5, 5.41) is 17.6. The molecule has 1 heterocycles. The molecule has 0 amide bonds. The molecule has 8 heteroatoms. The van der Waals surface area contributed by atoms with Crippen molar-refractivity contribution in [3.8, 4) is 11.5 Å². The Labute approximate surface area is 178 Å². The number of ether oxygens (including phenoxy) is 1. The molecule has 2 N–H and O–H groups in total. The van der Waals surface area contributed by atoms with Crippen LogP contribution in [0.15, 0.2) is 54.1 Å². The van der Waals surface area contributed by atoms with Gasteiger partial charge in [-0.3, -0.25) is 10.1 Å². The number of rotatable bonds is 5. The zero-order valence-electron chi connectivity index (χ0n) is 14.9. The molecular weight excluding hydrogens is 494 g/mol. The molecule has 27 heavy (non-hydrogen) atoms. The molecule has 0 atom stereocenters. The van der Waals surface area contributed by atoms with Crippen LogP contribution in [0.25, 0.3) is 0 Å². The predicted octanol–water partition coefficient (Wildman–Crippen LogP) is 6.17. The Morgan fingerprint density at radius 3 is 2.67 bits per heavy atom. The Bertz CT molecular complexity index is 999. The number of benzene rings is 2. The molecule has 0 aliphatic heterocycles. The number of aromatic amines is 1. The minimum Gasteiger partial charge on any atom is -0.506 e. The second-order valence-electron chi connectivity index (χ2n) is 5.73. The summed E-state index contributed by atoms with van der Waals surface area (Å²) in [5.41, 5.74) is 3.36. The first-order chi connectivity index (χ1) is 12.9. The van der Waals surface area contributed by atoms with Crippen molar-refractivity contribution in [3.05, 3.63) is 56.2 Å². The normalized spacial score (nSPS) is 11.3. The first-order valence-corrected chi connectivity index (χ1v) is 10.4. The molecule has 0 radical (unpaired) electrons. The summed E-state index contributed by atoms with van der Waals surface area (Å²) in [6, 6.07) is 9.63. The third-order valence-corrected chi connectivity index (χ3v) is 6.56. The maximum absolute atomic E-state index is 10.4. The third kappa shape index (κ3) is 4.23. The van der Waals surface area contributed by atoms with E-state index in [1.807, 2.05) is 38.1 Å². The number of nitrogens with one attached hydrogen (secondary N) is 1. The predicted molar refractivity (Wildman–Crippen MR) is 116 cm³/mol. The van der Waals surface area contributed by atoms with Crippen LogP contribution in [-0.2, 0) is 0 Å². The van der Waals surface area contributed by atoms with Gasteiger partial charge < -0.3 is 9.84 Å². The van der Waals surface area contributed by atoms with E-state index < -0.39 is 0 Å². The van der Waals surface area contributed by atoms with E-state index >= 15 is 0 Å². The zero-order chi connectivity index (χ0) is 19.6. The average molecular weight is 511 g/mol. The Morgan fingerprint density at radius 1 is 1.26 bits per heavy atom. The van der Waals surface area contributed by atoms with E-state index in [0.717, 1.165) is 31.3 Å². The Balaban J connectivity index is 1.95. The van der Waals surface area contributed by atoms with Crippen molar-refractivity contribution in [1.82, 2.24) is 10.2 Å². The lowest BCUT2D eigenvalue weighted by Crippen LogP contribution is -1.91. The highest BCUT2D eigenvalue weighted by Gasteiger charge is 2.15. The number of phenols is 1. The van der Waals surface area contributed by atoms with Gasteiger partial charge in [-0.1, -0.05) is 23.9 Å². The molecule has 0 saturated carbocycles. The van der Waals surface area contributed by atoms with Gasteiger partial charge in [0.15, 0.2) is 5.75 Å². The van der Waals surface area contributed by atoms with Gasteiger partial charge in [-0.2, -0.15) is 5.10 Å². The van der Waals surface area contributed by atoms with Gasteiger partial charge in [0, 0.05) is 22.4 Å². The number of aryl methyl sites for hydroxylation is 2. The minimum absolute atomic E-state index is 0.0745. The van der Waals surface area contributed by atoms with Crippen LogP contribution in [-0.4, -0.2) is 28.6 Å². The summed E-state index contributed by atoms with van der Waals surface area (Å²) in [4.78, 5) is 6.70. The number of aromatic nitrogens is 2. The number of halogens is 2. The third-order valence-electron chi connectivity index (χ3n) is 3.86. The first-order valence-electron chi connectivity index (χ1n) is 7.99. The molecule has 0 fully saturated rings. The maximum atomic E-state index is 10.4. The van der Waals surface area contributed by atoms with Crippen LogP contribution < -0.4 is 4.74 Å². The van der Waals surface area contributed by atoms with Gasteiger partial charge in [0.05, 0.1) is 27.9 Å². The molecule has 0 aliphatic carbocycles. The molecule has 140 valence electrons. The van der Waals surface area contributed by atoms with Crippen molar-refractivity contribution >= 4 is 55.5 Å². The molecular formula is C19H17Br2N3O2S. The van der Waals surface area contributed by atoms with Crippen molar-refractivity contribution in [2.75, 3.05) is 7.11 Å². The van der Waals surface area contributed by atoms with Gasteiger partial charge in [-0.25, -0.2) is 0 Å². The second kappa shape index (κ2) is 8.50. The molecule has 2 aromatic carbocycles. The fourth-order valence-electron chi connectivity index (χ4n) is 2.49. The molecule has 0 spiro atoms. The molecule has 0 unspecified atom stereocenters. The van der Waals surface area contributed by atoms with Gasteiger partial charge in [-0.15, -0.1) is 0 Å². The van der Waals surface area contributed by atoms with E-state index in [4.69, 9.17) is 4.74 Å². The zero-order valence-corrected chi connectivity index (χ0v) is 18.9. The minimum atomic E-state index is 0.0745. The molecule has 0 saturated heterocycles.